The molecule has 0 fully saturated rings. The van der Waals surface area contributed by atoms with Crippen LogP contribution in [-0.4, -0.2) is 31.4 Å². The summed E-state index contributed by atoms with van der Waals surface area (Å²) in [6.45, 7) is 3.80. The summed E-state index contributed by atoms with van der Waals surface area (Å²) in [7, 11) is 0. The number of fused-ring (bicyclic) bond motifs is 1. The maximum atomic E-state index is 12.6. The Bertz CT molecular complexity index is 705. The van der Waals surface area contributed by atoms with E-state index >= 15 is 0 Å². The van der Waals surface area contributed by atoms with Crippen molar-refractivity contribution in [1.29, 1.82) is 0 Å². The van der Waals surface area contributed by atoms with Crippen LogP contribution in [0.1, 0.15) is 13.3 Å². The van der Waals surface area contributed by atoms with Crippen molar-refractivity contribution in [3.05, 3.63) is 48.5 Å². The zero-order chi connectivity index (χ0) is 16.8. The summed E-state index contributed by atoms with van der Waals surface area (Å²) < 4.78 is 5.63. The molecule has 0 aromatic heterocycles. The Labute approximate surface area is 147 Å². The lowest BCUT2D eigenvalue weighted by atomic mass is 10.2. The first kappa shape index (κ1) is 16.7. The first-order valence-corrected chi connectivity index (χ1v) is 9.25. The highest BCUT2D eigenvalue weighted by Gasteiger charge is 2.22. The van der Waals surface area contributed by atoms with Crippen LogP contribution >= 0.6 is 11.8 Å². The van der Waals surface area contributed by atoms with Crippen LogP contribution in [-0.2, 0) is 4.79 Å². The lowest BCUT2D eigenvalue weighted by Crippen LogP contribution is -2.39. The molecule has 0 unspecified atom stereocenters. The van der Waals surface area contributed by atoms with Gasteiger partial charge in [-0.15, -0.1) is 11.8 Å². The summed E-state index contributed by atoms with van der Waals surface area (Å²) in [5.41, 5.74) is 1.91. The predicted molar refractivity (Wildman–Crippen MR) is 100 cm³/mol. The fourth-order valence-electron chi connectivity index (χ4n) is 2.62. The average molecular weight is 342 g/mol. The van der Waals surface area contributed by atoms with E-state index < -0.39 is 0 Å². The molecule has 0 radical (unpaired) electrons. The van der Waals surface area contributed by atoms with Crippen molar-refractivity contribution in [3.63, 3.8) is 0 Å². The number of anilines is 2. The molecule has 0 atom stereocenters. The summed E-state index contributed by atoms with van der Waals surface area (Å²) in [4.78, 5) is 15.7. The quantitative estimate of drug-likeness (QED) is 0.861. The number of nitrogens with one attached hydrogen (secondary N) is 1. The second kappa shape index (κ2) is 8.11. The summed E-state index contributed by atoms with van der Waals surface area (Å²) in [5.74, 6) is 1.85. The highest BCUT2D eigenvalue weighted by molar-refractivity contribution is 7.99. The van der Waals surface area contributed by atoms with E-state index in [2.05, 4.69) is 18.3 Å². The highest BCUT2D eigenvalue weighted by Crippen LogP contribution is 2.34. The van der Waals surface area contributed by atoms with Crippen LogP contribution in [0.2, 0.25) is 0 Å². The van der Waals surface area contributed by atoms with Gasteiger partial charge in [-0.1, -0.05) is 25.1 Å². The Morgan fingerprint density at radius 2 is 2.12 bits per heavy atom. The second-order valence-electron chi connectivity index (χ2n) is 5.59. The van der Waals surface area contributed by atoms with Crippen molar-refractivity contribution in [3.8, 4) is 5.75 Å². The lowest BCUT2D eigenvalue weighted by molar-refractivity contribution is -0.117. The van der Waals surface area contributed by atoms with Crippen molar-refractivity contribution in [2.24, 2.45) is 0 Å². The van der Waals surface area contributed by atoms with Crippen molar-refractivity contribution in [2.45, 2.75) is 18.2 Å². The van der Waals surface area contributed by atoms with Gasteiger partial charge >= 0.3 is 0 Å². The van der Waals surface area contributed by atoms with Gasteiger partial charge in [0.1, 0.15) is 5.75 Å². The first-order chi connectivity index (χ1) is 11.8. The number of ether oxygens (including phenoxy) is 1. The molecule has 1 amide bonds. The molecule has 0 aliphatic carbocycles. The molecule has 0 saturated carbocycles. The van der Waals surface area contributed by atoms with Crippen LogP contribution in [0.4, 0.5) is 11.4 Å². The van der Waals surface area contributed by atoms with Gasteiger partial charge in [-0.3, -0.25) is 4.79 Å². The van der Waals surface area contributed by atoms with Crippen molar-refractivity contribution in [1.82, 2.24) is 0 Å². The largest absolute Gasteiger partial charge is 0.494 e. The SMILES string of the molecule is CCCOc1cccc(NCC(=O)N2CCSc3ccccc32)c1. The van der Waals surface area contributed by atoms with Gasteiger partial charge in [-0.2, -0.15) is 0 Å². The van der Waals surface area contributed by atoms with Crippen LogP contribution in [0.15, 0.2) is 53.4 Å². The summed E-state index contributed by atoms with van der Waals surface area (Å²) >= 11 is 1.80. The number of hydrogen-bond acceptors (Lipinski definition) is 4. The molecule has 0 spiro atoms. The van der Waals surface area contributed by atoms with Gasteiger partial charge in [-0.25, -0.2) is 0 Å². The second-order valence-corrected chi connectivity index (χ2v) is 6.73. The zero-order valence-electron chi connectivity index (χ0n) is 13.8. The zero-order valence-corrected chi connectivity index (χ0v) is 14.6. The van der Waals surface area contributed by atoms with Crippen LogP contribution in [0.5, 0.6) is 5.75 Å². The van der Waals surface area contributed by atoms with E-state index in [-0.39, 0.29) is 12.5 Å². The average Bonchev–Trinajstić information content (AvgIpc) is 2.64. The molecule has 2 aromatic carbocycles. The Balaban J connectivity index is 1.62. The number of thioether (sulfide) groups is 1. The molecule has 2 aromatic rings. The number of carbonyl (C=O) groups excluding carboxylic acids is 1. The molecule has 1 aliphatic rings. The molecule has 1 aliphatic heterocycles. The number of para-hydroxylation sites is 1. The third-order valence-electron chi connectivity index (χ3n) is 3.78. The number of hydrogen-bond donors (Lipinski definition) is 1. The van der Waals surface area contributed by atoms with Gasteiger partial charge in [0.15, 0.2) is 0 Å². The van der Waals surface area contributed by atoms with Gasteiger partial charge in [0.2, 0.25) is 5.91 Å². The van der Waals surface area contributed by atoms with Crippen LogP contribution in [0.25, 0.3) is 0 Å². The van der Waals surface area contributed by atoms with E-state index in [1.54, 1.807) is 11.8 Å². The number of amides is 1. The fraction of sp³-hybridized carbons (Fsp3) is 0.316. The maximum Gasteiger partial charge on any atom is 0.246 e. The molecule has 1 N–H and O–H groups in total. The lowest BCUT2D eigenvalue weighted by Gasteiger charge is -2.29. The van der Waals surface area contributed by atoms with E-state index in [9.17, 15) is 4.79 Å². The highest BCUT2D eigenvalue weighted by atomic mass is 32.2. The van der Waals surface area contributed by atoms with Gasteiger partial charge < -0.3 is 15.0 Å². The molecule has 3 rings (SSSR count). The van der Waals surface area contributed by atoms with Crippen LogP contribution in [0, 0.1) is 0 Å². The molecule has 4 nitrogen and oxygen atoms in total. The van der Waals surface area contributed by atoms with Gasteiger partial charge in [0.05, 0.1) is 18.8 Å². The molecular weight excluding hydrogens is 320 g/mol. The minimum Gasteiger partial charge on any atom is -0.494 e. The number of carbonyl (C=O) groups is 1. The summed E-state index contributed by atoms with van der Waals surface area (Å²) in [5, 5.41) is 3.21. The third kappa shape index (κ3) is 4.03. The number of nitrogens with zero attached hydrogens (tertiary/aromatic N) is 1. The number of rotatable bonds is 6. The van der Waals surface area contributed by atoms with E-state index in [1.807, 2.05) is 47.4 Å². The van der Waals surface area contributed by atoms with E-state index in [0.29, 0.717) is 6.61 Å². The molecule has 0 saturated heterocycles. The molecule has 24 heavy (non-hydrogen) atoms. The molecule has 0 bridgehead atoms. The molecule has 1 heterocycles. The van der Waals surface area contributed by atoms with Crippen molar-refractivity contribution in [2.75, 3.05) is 35.7 Å². The van der Waals surface area contributed by atoms with Gasteiger partial charge in [0, 0.05) is 28.9 Å². The van der Waals surface area contributed by atoms with E-state index in [4.69, 9.17) is 4.74 Å². The smallest absolute Gasteiger partial charge is 0.246 e. The van der Waals surface area contributed by atoms with Crippen LogP contribution < -0.4 is 15.0 Å². The minimum absolute atomic E-state index is 0.0858. The first-order valence-electron chi connectivity index (χ1n) is 8.27. The summed E-state index contributed by atoms with van der Waals surface area (Å²) in [6.07, 6.45) is 0.975. The Kier molecular flexibility index (Phi) is 5.64. The fourth-order valence-corrected chi connectivity index (χ4v) is 3.61. The van der Waals surface area contributed by atoms with Crippen molar-refractivity contribution < 1.29 is 9.53 Å². The Morgan fingerprint density at radius 3 is 3.00 bits per heavy atom. The van der Waals surface area contributed by atoms with Gasteiger partial charge in [0.25, 0.3) is 0 Å². The van der Waals surface area contributed by atoms with E-state index in [0.717, 1.165) is 35.8 Å². The molecule has 126 valence electrons. The summed E-state index contributed by atoms with van der Waals surface area (Å²) in [6, 6.07) is 15.8. The maximum absolute atomic E-state index is 12.6. The van der Waals surface area contributed by atoms with Gasteiger partial charge in [-0.05, 0) is 30.7 Å². The normalized spacial score (nSPS) is 13.3. The predicted octanol–water partition coefficient (Wildman–Crippen LogP) is 4.03. The standard InChI is InChI=1S/C19H22N2O2S/c1-2-11-23-16-7-5-6-15(13-16)20-14-19(22)21-10-12-24-18-9-4-3-8-17(18)21/h3-9,13,20H,2,10-12,14H2,1H3. The van der Waals surface area contributed by atoms with E-state index in [1.165, 1.54) is 4.90 Å². The Hall–Kier alpha value is -2.14. The van der Waals surface area contributed by atoms with Crippen LogP contribution in [0.3, 0.4) is 0 Å². The Morgan fingerprint density at radius 1 is 1.25 bits per heavy atom. The monoisotopic (exact) mass is 342 g/mol. The third-order valence-corrected chi connectivity index (χ3v) is 4.82. The van der Waals surface area contributed by atoms with Crippen molar-refractivity contribution >= 4 is 29.0 Å². The minimum atomic E-state index is 0.0858. The topological polar surface area (TPSA) is 41.6 Å². The molecular formula is C19H22N2O2S. The number of benzene rings is 2. The molecule has 5 heteroatoms.